The maximum atomic E-state index is 12.1. The van der Waals surface area contributed by atoms with Gasteiger partial charge in [0.1, 0.15) is 0 Å². The highest BCUT2D eigenvalue weighted by Crippen LogP contribution is 2.21. The monoisotopic (exact) mass is 269 g/mol. The normalized spacial score (nSPS) is 10.2. The average molecular weight is 269 g/mol. The standard InChI is InChI=1S/C13H19NO3S/c1-5-17-12(15)6-7-14(4)13(16)11-8-9(2)10(3)18-11/h8H,5-7H2,1-4H3. The van der Waals surface area contributed by atoms with Crippen molar-refractivity contribution >= 4 is 23.2 Å². The van der Waals surface area contributed by atoms with E-state index < -0.39 is 0 Å². The van der Waals surface area contributed by atoms with E-state index in [1.807, 2.05) is 19.9 Å². The fraction of sp³-hybridized carbons (Fsp3) is 0.538. The second-order valence-electron chi connectivity index (χ2n) is 4.13. The van der Waals surface area contributed by atoms with Gasteiger partial charge < -0.3 is 9.64 Å². The van der Waals surface area contributed by atoms with Gasteiger partial charge in [-0.05, 0) is 32.4 Å². The lowest BCUT2D eigenvalue weighted by Crippen LogP contribution is -2.28. The fourth-order valence-electron chi connectivity index (χ4n) is 1.46. The first kappa shape index (κ1) is 14.7. The zero-order chi connectivity index (χ0) is 13.7. The lowest BCUT2D eigenvalue weighted by molar-refractivity contribution is -0.143. The van der Waals surface area contributed by atoms with E-state index in [2.05, 4.69) is 0 Å². The van der Waals surface area contributed by atoms with Gasteiger partial charge in [0.15, 0.2) is 0 Å². The quantitative estimate of drug-likeness (QED) is 0.771. The van der Waals surface area contributed by atoms with Crippen LogP contribution in [0.4, 0.5) is 0 Å². The molecule has 100 valence electrons. The van der Waals surface area contributed by atoms with Gasteiger partial charge >= 0.3 is 5.97 Å². The lowest BCUT2D eigenvalue weighted by Gasteiger charge is -2.15. The number of aryl methyl sites for hydroxylation is 2. The molecule has 0 aliphatic heterocycles. The number of carbonyl (C=O) groups is 2. The molecule has 0 aromatic carbocycles. The Morgan fingerprint density at radius 3 is 2.56 bits per heavy atom. The maximum absolute atomic E-state index is 12.1. The van der Waals surface area contributed by atoms with Crippen LogP contribution in [0, 0.1) is 13.8 Å². The van der Waals surface area contributed by atoms with Crippen LogP contribution in [0.5, 0.6) is 0 Å². The van der Waals surface area contributed by atoms with Crippen LogP contribution in [-0.4, -0.2) is 37.0 Å². The summed E-state index contributed by atoms with van der Waals surface area (Å²) in [4.78, 5) is 26.7. The predicted molar refractivity (Wildman–Crippen MR) is 72.0 cm³/mol. The van der Waals surface area contributed by atoms with Crippen molar-refractivity contribution in [2.24, 2.45) is 0 Å². The Balaban J connectivity index is 2.54. The van der Waals surface area contributed by atoms with Crippen molar-refractivity contribution in [3.8, 4) is 0 Å². The maximum Gasteiger partial charge on any atom is 0.307 e. The summed E-state index contributed by atoms with van der Waals surface area (Å²) in [5.41, 5.74) is 1.13. The summed E-state index contributed by atoms with van der Waals surface area (Å²) in [6.07, 6.45) is 0.236. The Labute approximate surface area is 112 Å². The number of nitrogens with zero attached hydrogens (tertiary/aromatic N) is 1. The minimum Gasteiger partial charge on any atom is -0.466 e. The van der Waals surface area contributed by atoms with Gasteiger partial charge in [0.2, 0.25) is 0 Å². The van der Waals surface area contributed by atoms with Crippen LogP contribution in [0.15, 0.2) is 6.07 Å². The lowest BCUT2D eigenvalue weighted by atomic mass is 10.2. The highest BCUT2D eigenvalue weighted by atomic mass is 32.1. The number of amides is 1. The average Bonchev–Trinajstić information content (AvgIpc) is 2.66. The van der Waals surface area contributed by atoms with Crippen LogP contribution in [0.3, 0.4) is 0 Å². The fourth-order valence-corrected chi connectivity index (χ4v) is 2.49. The molecule has 0 atom stereocenters. The number of esters is 1. The van der Waals surface area contributed by atoms with E-state index in [1.165, 1.54) is 11.3 Å². The van der Waals surface area contributed by atoms with Crippen LogP contribution >= 0.6 is 11.3 Å². The number of carbonyl (C=O) groups excluding carboxylic acids is 2. The molecule has 0 aliphatic rings. The number of thiophene rings is 1. The molecule has 4 nitrogen and oxygen atoms in total. The first-order chi connectivity index (χ1) is 8.45. The third-order valence-electron chi connectivity index (χ3n) is 2.68. The molecule has 0 radical (unpaired) electrons. The first-order valence-corrected chi connectivity index (χ1v) is 6.75. The Morgan fingerprint density at radius 1 is 1.39 bits per heavy atom. The molecular weight excluding hydrogens is 250 g/mol. The molecule has 1 aromatic rings. The van der Waals surface area contributed by atoms with Gasteiger partial charge in [-0.25, -0.2) is 0 Å². The van der Waals surface area contributed by atoms with Gasteiger partial charge in [0.05, 0.1) is 17.9 Å². The van der Waals surface area contributed by atoms with Crippen molar-refractivity contribution in [1.29, 1.82) is 0 Å². The van der Waals surface area contributed by atoms with Gasteiger partial charge in [-0.15, -0.1) is 11.3 Å². The summed E-state index contributed by atoms with van der Waals surface area (Å²) in [5.74, 6) is -0.309. The van der Waals surface area contributed by atoms with Crippen molar-refractivity contribution in [3.05, 3.63) is 21.4 Å². The molecule has 0 saturated carbocycles. The number of rotatable bonds is 5. The summed E-state index contributed by atoms with van der Waals surface area (Å²) in [6.45, 7) is 6.51. The van der Waals surface area contributed by atoms with E-state index >= 15 is 0 Å². The van der Waals surface area contributed by atoms with Gasteiger partial charge in [0, 0.05) is 18.5 Å². The van der Waals surface area contributed by atoms with E-state index in [-0.39, 0.29) is 18.3 Å². The summed E-state index contributed by atoms with van der Waals surface area (Å²) in [6, 6.07) is 1.89. The molecule has 0 bridgehead atoms. The minimum atomic E-state index is -0.268. The van der Waals surface area contributed by atoms with Gasteiger partial charge in [-0.2, -0.15) is 0 Å². The largest absolute Gasteiger partial charge is 0.466 e. The van der Waals surface area contributed by atoms with E-state index in [0.29, 0.717) is 13.2 Å². The molecule has 0 N–H and O–H groups in total. The predicted octanol–water partition coefficient (Wildman–Crippen LogP) is 2.39. The van der Waals surface area contributed by atoms with Gasteiger partial charge in [0.25, 0.3) is 5.91 Å². The van der Waals surface area contributed by atoms with Crippen LogP contribution < -0.4 is 0 Å². The molecule has 18 heavy (non-hydrogen) atoms. The van der Waals surface area contributed by atoms with E-state index in [0.717, 1.165) is 15.3 Å². The van der Waals surface area contributed by atoms with Crippen molar-refractivity contribution < 1.29 is 14.3 Å². The molecule has 0 unspecified atom stereocenters. The third kappa shape index (κ3) is 3.84. The number of ether oxygens (including phenoxy) is 1. The Hall–Kier alpha value is -1.36. The molecule has 0 aliphatic carbocycles. The zero-order valence-corrected chi connectivity index (χ0v) is 12.1. The van der Waals surface area contributed by atoms with E-state index in [9.17, 15) is 9.59 Å². The van der Waals surface area contributed by atoms with Gasteiger partial charge in [-0.1, -0.05) is 0 Å². The minimum absolute atomic E-state index is 0.0412. The molecule has 1 aromatic heterocycles. The molecule has 1 heterocycles. The highest BCUT2D eigenvalue weighted by molar-refractivity contribution is 7.14. The summed E-state index contributed by atoms with van der Waals surface area (Å²) in [7, 11) is 1.70. The smallest absolute Gasteiger partial charge is 0.307 e. The first-order valence-electron chi connectivity index (χ1n) is 5.93. The zero-order valence-electron chi connectivity index (χ0n) is 11.3. The molecule has 1 rings (SSSR count). The molecule has 0 fully saturated rings. The molecule has 5 heteroatoms. The van der Waals surface area contributed by atoms with Crippen LogP contribution in [0.25, 0.3) is 0 Å². The Bertz CT molecular complexity index is 420. The molecule has 0 spiro atoms. The third-order valence-corrected chi connectivity index (χ3v) is 3.82. The summed E-state index contributed by atoms with van der Waals surface area (Å²) < 4.78 is 4.83. The van der Waals surface area contributed by atoms with Gasteiger partial charge in [-0.3, -0.25) is 9.59 Å². The van der Waals surface area contributed by atoms with Crippen LogP contribution in [-0.2, 0) is 9.53 Å². The van der Waals surface area contributed by atoms with Crippen molar-refractivity contribution in [1.82, 2.24) is 4.90 Å². The second-order valence-corrected chi connectivity index (χ2v) is 5.39. The van der Waals surface area contributed by atoms with E-state index in [4.69, 9.17) is 4.74 Å². The van der Waals surface area contributed by atoms with Crippen molar-refractivity contribution in [2.45, 2.75) is 27.2 Å². The van der Waals surface area contributed by atoms with Crippen LogP contribution in [0.2, 0.25) is 0 Å². The van der Waals surface area contributed by atoms with E-state index in [1.54, 1.807) is 18.9 Å². The van der Waals surface area contributed by atoms with Crippen molar-refractivity contribution in [2.75, 3.05) is 20.2 Å². The number of hydrogen-bond acceptors (Lipinski definition) is 4. The van der Waals surface area contributed by atoms with Crippen molar-refractivity contribution in [3.63, 3.8) is 0 Å². The van der Waals surface area contributed by atoms with Crippen LogP contribution in [0.1, 0.15) is 33.5 Å². The number of hydrogen-bond donors (Lipinski definition) is 0. The molecular formula is C13H19NO3S. The SMILES string of the molecule is CCOC(=O)CCN(C)C(=O)c1cc(C)c(C)s1. The molecule has 0 saturated heterocycles. The molecule has 1 amide bonds. The Morgan fingerprint density at radius 2 is 2.06 bits per heavy atom. The summed E-state index contributed by atoms with van der Waals surface area (Å²) >= 11 is 1.49. The highest BCUT2D eigenvalue weighted by Gasteiger charge is 2.16. The summed E-state index contributed by atoms with van der Waals surface area (Å²) in [5, 5.41) is 0. The Kier molecular flexibility index (Phi) is 5.34. The topological polar surface area (TPSA) is 46.6 Å². The second kappa shape index (κ2) is 6.54.